The minimum absolute atomic E-state index is 0.190. The monoisotopic (exact) mass is 174 g/mol. The highest BCUT2D eigenvalue weighted by molar-refractivity contribution is 4.66. The Morgan fingerprint density at radius 2 is 2.00 bits per heavy atom. The van der Waals surface area contributed by atoms with Crippen LogP contribution in [0.4, 0.5) is 0 Å². The van der Waals surface area contributed by atoms with Crippen LogP contribution in [-0.2, 0) is 0 Å². The number of hydrogen-bond acceptors (Lipinski definition) is 3. The Kier molecular flexibility index (Phi) is 6.34. The molecule has 0 aliphatic heterocycles. The quantitative estimate of drug-likeness (QED) is 0.608. The summed E-state index contributed by atoms with van der Waals surface area (Å²) in [6.07, 6.45) is -0.267. The largest absolute Gasteiger partial charge is 0.392 e. The van der Waals surface area contributed by atoms with Crippen molar-refractivity contribution in [3.8, 4) is 0 Å². The summed E-state index contributed by atoms with van der Waals surface area (Å²) in [5.41, 5.74) is 0. The van der Waals surface area contributed by atoms with E-state index in [2.05, 4.69) is 24.2 Å². The number of likely N-dealkylation sites (N-methyl/N-ethyl adjacent to an activating group) is 1. The minimum Gasteiger partial charge on any atom is -0.392 e. The second-order valence-corrected chi connectivity index (χ2v) is 3.38. The smallest absolute Gasteiger partial charge is 0.0662 e. The van der Waals surface area contributed by atoms with Gasteiger partial charge in [0.25, 0.3) is 0 Å². The molecule has 0 aromatic heterocycles. The maximum atomic E-state index is 9.17. The molecule has 0 aliphatic carbocycles. The fourth-order valence-corrected chi connectivity index (χ4v) is 0.812. The van der Waals surface area contributed by atoms with E-state index in [-0.39, 0.29) is 12.1 Å². The molecule has 0 aromatic rings. The zero-order valence-corrected chi connectivity index (χ0v) is 8.67. The molecule has 0 saturated heterocycles. The van der Waals surface area contributed by atoms with E-state index in [0.29, 0.717) is 0 Å². The third kappa shape index (κ3) is 5.52. The maximum absolute atomic E-state index is 9.17. The van der Waals surface area contributed by atoms with Crippen molar-refractivity contribution >= 4 is 0 Å². The fraction of sp³-hybridized carbons (Fsp3) is 1.00. The molecule has 0 rings (SSSR count). The summed E-state index contributed by atoms with van der Waals surface area (Å²) in [7, 11) is 2.09. The molecule has 12 heavy (non-hydrogen) atoms. The van der Waals surface area contributed by atoms with Crippen LogP contribution in [0.1, 0.15) is 20.8 Å². The Balaban J connectivity index is 3.30. The van der Waals surface area contributed by atoms with E-state index in [1.807, 2.05) is 6.92 Å². The van der Waals surface area contributed by atoms with Crippen molar-refractivity contribution in [3.05, 3.63) is 0 Å². The molecule has 0 fully saturated rings. The van der Waals surface area contributed by atoms with Gasteiger partial charge in [0.2, 0.25) is 0 Å². The highest BCUT2D eigenvalue weighted by Crippen LogP contribution is 1.89. The van der Waals surface area contributed by atoms with Gasteiger partial charge in [0.05, 0.1) is 6.10 Å². The predicted octanol–water partition coefficient (Wildman–Crippen LogP) is 0.297. The van der Waals surface area contributed by atoms with Gasteiger partial charge in [0.1, 0.15) is 0 Å². The summed E-state index contributed by atoms with van der Waals surface area (Å²) in [5, 5.41) is 12.4. The van der Waals surface area contributed by atoms with Crippen LogP contribution in [0.5, 0.6) is 0 Å². The lowest BCUT2D eigenvalue weighted by molar-refractivity contribution is 0.151. The third-order valence-electron chi connectivity index (χ3n) is 2.22. The van der Waals surface area contributed by atoms with Crippen molar-refractivity contribution in [1.29, 1.82) is 0 Å². The van der Waals surface area contributed by atoms with Gasteiger partial charge in [-0.1, -0.05) is 6.92 Å². The van der Waals surface area contributed by atoms with Gasteiger partial charge >= 0.3 is 0 Å². The number of aliphatic hydroxyl groups is 1. The molecule has 2 atom stereocenters. The standard InChI is InChI=1S/C9H22N2O/c1-5-11(4)7-6-10-8(2)9(3)12/h8-10,12H,5-7H2,1-4H3. The molecule has 2 unspecified atom stereocenters. The Hall–Kier alpha value is -0.120. The van der Waals surface area contributed by atoms with Gasteiger partial charge in [-0.2, -0.15) is 0 Å². The second-order valence-electron chi connectivity index (χ2n) is 3.38. The van der Waals surface area contributed by atoms with Crippen LogP contribution in [0.2, 0.25) is 0 Å². The van der Waals surface area contributed by atoms with E-state index in [1.54, 1.807) is 6.92 Å². The first-order chi connectivity index (χ1) is 5.57. The summed E-state index contributed by atoms with van der Waals surface area (Å²) < 4.78 is 0. The molecule has 0 radical (unpaired) electrons. The van der Waals surface area contributed by atoms with Crippen molar-refractivity contribution in [2.45, 2.75) is 32.9 Å². The molecule has 0 amide bonds. The van der Waals surface area contributed by atoms with Gasteiger partial charge in [-0.15, -0.1) is 0 Å². The molecule has 2 N–H and O–H groups in total. The van der Waals surface area contributed by atoms with Crippen LogP contribution in [0.15, 0.2) is 0 Å². The molecule has 0 aliphatic rings. The van der Waals surface area contributed by atoms with Gasteiger partial charge in [-0.25, -0.2) is 0 Å². The van der Waals surface area contributed by atoms with Crippen molar-refractivity contribution < 1.29 is 5.11 Å². The first kappa shape index (κ1) is 11.9. The number of nitrogens with one attached hydrogen (secondary N) is 1. The van der Waals surface area contributed by atoms with Gasteiger partial charge < -0.3 is 15.3 Å². The number of hydrogen-bond donors (Lipinski definition) is 2. The zero-order chi connectivity index (χ0) is 9.56. The molecule has 3 nitrogen and oxygen atoms in total. The lowest BCUT2D eigenvalue weighted by Gasteiger charge is -2.19. The lowest BCUT2D eigenvalue weighted by Crippen LogP contribution is -2.39. The molecule has 3 heteroatoms. The van der Waals surface area contributed by atoms with Gasteiger partial charge in [0, 0.05) is 19.1 Å². The van der Waals surface area contributed by atoms with E-state index < -0.39 is 0 Å². The normalized spacial score (nSPS) is 16.5. The van der Waals surface area contributed by atoms with Crippen LogP contribution < -0.4 is 5.32 Å². The Bertz CT molecular complexity index is 107. The summed E-state index contributed by atoms with van der Waals surface area (Å²) >= 11 is 0. The van der Waals surface area contributed by atoms with E-state index in [0.717, 1.165) is 19.6 Å². The number of aliphatic hydroxyl groups excluding tert-OH is 1. The van der Waals surface area contributed by atoms with Crippen LogP contribution in [-0.4, -0.2) is 48.8 Å². The second kappa shape index (κ2) is 6.40. The van der Waals surface area contributed by atoms with E-state index in [9.17, 15) is 0 Å². The van der Waals surface area contributed by atoms with Crippen LogP contribution >= 0.6 is 0 Å². The highest BCUT2D eigenvalue weighted by atomic mass is 16.3. The maximum Gasteiger partial charge on any atom is 0.0662 e. The van der Waals surface area contributed by atoms with Crippen LogP contribution in [0.25, 0.3) is 0 Å². The van der Waals surface area contributed by atoms with Crippen molar-refractivity contribution in [3.63, 3.8) is 0 Å². The minimum atomic E-state index is -0.267. The predicted molar refractivity (Wildman–Crippen MR) is 52.3 cm³/mol. The Morgan fingerprint density at radius 1 is 1.42 bits per heavy atom. The first-order valence-corrected chi connectivity index (χ1v) is 4.68. The fourth-order valence-electron chi connectivity index (χ4n) is 0.812. The number of rotatable bonds is 6. The van der Waals surface area contributed by atoms with Gasteiger partial charge in [-0.05, 0) is 27.4 Å². The van der Waals surface area contributed by atoms with Gasteiger partial charge in [-0.3, -0.25) is 0 Å². The Morgan fingerprint density at radius 3 is 2.42 bits per heavy atom. The summed E-state index contributed by atoms with van der Waals surface area (Å²) in [4.78, 5) is 2.24. The molecule has 0 saturated carbocycles. The molecular formula is C9H22N2O. The summed E-state index contributed by atoms with van der Waals surface area (Å²) in [6.45, 7) is 8.99. The topological polar surface area (TPSA) is 35.5 Å². The van der Waals surface area contributed by atoms with Crippen LogP contribution in [0, 0.1) is 0 Å². The molecule has 0 aromatic carbocycles. The zero-order valence-electron chi connectivity index (χ0n) is 8.67. The van der Waals surface area contributed by atoms with Crippen molar-refractivity contribution in [2.75, 3.05) is 26.7 Å². The first-order valence-electron chi connectivity index (χ1n) is 4.68. The average molecular weight is 174 g/mol. The number of nitrogens with zero attached hydrogens (tertiary/aromatic N) is 1. The third-order valence-corrected chi connectivity index (χ3v) is 2.22. The van der Waals surface area contributed by atoms with Gasteiger partial charge in [0.15, 0.2) is 0 Å². The average Bonchev–Trinajstić information content (AvgIpc) is 2.03. The Labute approximate surface area is 75.8 Å². The van der Waals surface area contributed by atoms with E-state index in [4.69, 9.17) is 5.11 Å². The lowest BCUT2D eigenvalue weighted by atomic mass is 10.2. The SMILES string of the molecule is CCN(C)CCNC(C)C(C)O. The highest BCUT2D eigenvalue weighted by Gasteiger charge is 2.06. The van der Waals surface area contributed by atoms with Crippen LogP contribution in [0.3, 0.4) is 0 Å². The van der Waals surface area contributed by atoms with Crippen molar-refractivity contribution in [1.82, 2.24) is 10.2 Å². The molecule has 0 bridgehead atoms. The molecular weight excluding hydrogens is 152 g/mol. The van der Waals surface area contributed by atoms with E-state index in [1.165, 1.54) is 0 Å². The molecule has 74 valence electrons. The summed E-state index contributed by atoms with van der Waals surface area (Å²) in [5.74, 6) is 0. The summed E-state index contributed by atoms with van der Waals surface area (Å²) in [6, 6.07) is 0.190. The molecule has 0 spiro atoms. The molecule has 0 heterocycles. The van der Waals surface area contributed by atoms with E-state index >= 15 is 0 Å². The van der Waals surface area contributed by atoms with Crippen molar-refractivity contribution in [2.24, 2.45) is 0 Å².